The summed E-state index contributed by atoms with van der Waals surface area (Å²) in [5.74, 6) is 0.326. The quantitative estimate of drug-likeness (QED) is 0.855. The summed E-state index contributed by atoms with van der Waals surface area (Å²) in [5, 5.41) is 0. The van der Waals surface area contributed by atoms with Crippen LogP contribution in [-0.4, -0.2) is 23.0 Å². The number of carbonyl (C=O) groups is 1. The molecule has 2 rings (SSSR count). The SMILES string of the molecule is CCC(C)c1ccc(-c2cnc(C(=O)OC)[nH]2)cc1. The molecule has 0 fully saturated rings. The van der Waals surface area contributed by atoms with E-state index < -0.39 is 5.97 Å². The topological polar surface area (TPSA) is 55.0 Å². The van der Waals surface area contributed by atoms with Crippen molar-refractivity contribution in [1.82, 2.24) is 9.97 Å². The average molecular weight is 258 g/mol. The Bertz CT molecular complexity index is 558. The van der Waals surface area contributed by atoms with Crippen LogP contribution in [0.4, 0.5) is 0 Å². The average Bonchev–Trinajstić information content (AvgIpc) is 2.95. The van der Waals surface area contributed by atoms with E-state index in [-0.39, 0.29) is 5.82 Å². The van der Waals surface area contributed by atoms with Crippen LogP contribution in [0.5, 0.6) is 0 Å². The minimum Gasteiger partial charge on any atom is -0.463 e. The zero-order valence-corrected chi connectivity index (χ0v) is 11.4. The third kappa shape index (κ3) is 2.84. The lowest BCUT2D eigenvalue weighted by Gasteiger charge is -2.09. The molecule has 1 aromatic carbocycles. The number of hydrogen-bond acceptors (Lipinski definition) is 3. The number of benzene rings is 1. The molecule has 1 N–H and O–H groups in total. The molecule has 0 aliphatic heterocycles. The van der Waals surface area contributed by atoms with Crippen LogP contribution >= 0.6 is 0 Å². The molecule has 4 nitrogen and oxygen atoms in total. The van der Waals surface area contributed by atoms with Crippen molar-refractivity contribution in [3.05, 3.63) is 41.9 Å². The molecule has 0 bridgehead atoms. The van der Waals surface area contributed by atoms with Gasteiger partial charge in [-0.25, -0.2) is 9.78 Å². The molecule has 19 heavy (non-hydrogen) atoms. The summed E-state index contributed by atoms with van der Waals surface area (Å²) in [4.78, 5) is 18.3. The maximum atomic E-state index is 11.3. The lowest BCUT2D eigenvalue weighted by Crippen LogP contribution is -2.03. The molecule has 4 heteroatoms. The van der Waals surface area contributed by atoms with Crippen molar-refractivity contribution < 1.29 is 9.53 Å². The van der Waals surface area contributed by atoms with Crippen LogP contribution in [0.15, 0.2) is 30.5 Å². The minimum atomic E-state index is -0.456. The molecule has 100 valence electrons. The summed E-state index contributed by atoms with van der Waals surface area (Å²) < 4.78 is 4.62. The summed E-state index contributed by atoms with van der Waals surface area (Å²) in [5.41, 5.74) is 3.14. The largest absolute Gasteiger partial charge is 0.463 e. The van der Waals surface area contributed by atoms with E-state index in [1.807, 2.05) is 12.1 Å². The van der Waals surface area contributed by atoms with Gasteiger partial charge in [-0.15, -0.1) is 0 Å². The molecule has 0 aliphatic rings. The molecule has 0 radical (unpaired) electrons. The third-order valence-electron chi connectivity index (χ3n) is 3.36. The van der Waals surface area contributed by atoms with Crippen molar-refractivity contribution in [1.29, 1.82) is 0 Å². The molecule has 2 aromatic rings. The van der Waals surface area contributed by atoms with Gasteiger partial charge in [-0.05, 0) is 23.5 Å². The van der Waals surface area contributed by atoms with Crippen molar-refractivity contribution in [2.45, 2.75) is 26.2 Å². The molecule has 1 heterocycles. The Labute approximate surface area is 112 Å². The van der Waals surface area contributed by atoms with Gasteiger partial charge >= 0.3 is 5.97 Å². The van der Waals surface area contributed by atoms with Gasteiger partial charge in [0.1, 0.15) is 0 Å². The first-order valence-electron chi connectivity index (χ1n) is 6.39. The number of H-pyrrole nitrogens is 1. The standard InChI is InChI=1S/C15H18N2O2/c1-4-10(2)11-5-7-12(8-6-11)13-9-16-14(17-13)15(18)19-3/h5-10H,4H2,1-3H3,(H,16,17). The number of carbonyl (C=O) groups excluding carboxylic acids is 1. The smallest absolute Gasteiger partial charge is 0.374 e. The third-order valence-corrected chi connectivity index (χ3v) is 3.36. The predicted molar refractivity (Wildman–Crippen MR) is 74.1 cm³/mol. The summed E-state index contributed by atoms with van der Waals surface area (Å²) in [6, 6.07) is 8.30. The number of nitrogens with one attached hydrogen (secondary N) is 1. The second-order valence-corrected chi connectivity index (χ2v) is 4.57. The van der Waals surface area contributed by atoms with Gasteiger partial charge in [-0.2, -0.15) is 0 Å². The van der Waals surface area contributed by atoms with Gasteiger partial charge in [0.25, 0.3) is 0 Å². The highest BCUT2D eigenvalue weighted by Crippen LogP contribution is 2.23. The summed E-state index contributed by atoms with van der Waals surface area (Å²) in [6.45, 7) is 4.39. The molecule has 0 aliphatic carbocycles. The van der Waals surface area contributed by atoms with E-state index in [0.29, 0.717) is 5.92 Å². The Morgan fingerprint density at radius 2 is 2.05 bits per heavy atom. The van der Waals surface area contributed by atoms with E-state index in [0.717, 1.165) is 17.7 Å². The minimum absolute atomic E-state index is 0.225. The zero-order chi connectivity index (χ0) is 13.8. The van der Waals surface area contributed by atoms with E-state index in [1.165, 1.54) is 12.7 Å². The highest BCUT2D eigenvalue weighted by atomic mass is 16.5. The Kier molecular flexibility index (Phi) is 4.00. The molecule has 1 aromatic heterocycles. The van der Waals surface area contributed by atoms with Gasteiger partial charge in [0.05, 0.1) is 19.0 Å². The Morgan fingerprint density at radius 1 is 1.37 bits per heavy atom. The molecule has 1 unspecified atom stereocenters. The maximum Gasteiger partial charge on any atom is 0.374 e. The second-order valence-electron chi connectivity index (χ2n) is 4.57. The van der Waals surface area contributed by atoms with Crippen LogP contribution in [-0.2, 0) is 4.74 Å². The predicted octanol–water partition coefficient (Wildman–Crippen LogP) is 3.38. The fraction of sp³-hybridized carbons (Fsp3) is 0.333. The van der Waals surface area contributed by atoms with E-state index in [4.69, 9.17) is 0 Å². The number of methoxy groups -OCH3 is 1. The number of aromatic nitrogens is 2. The number of ether oxygens (including phenoxy) is 1. The van der Waals surface area contributed by atoms with Gasteiger partial charge in [0.15, 0.2) is 0 Å². The van der Waals surface area contributed by atoms with Crippen LogP contribution in [0.25, 0.3) is 11.3 Å². The lowest BCUT2D eigenvalue weighted by molar-refractivity contribution is 0.0588. The van der Waals surface area contributed by atoms with Gasteiger partial charge < -0.3 is 9.72 Å². The fourth-order valence-electron chi connectivity index (χ4n) is 1.90. The van der Waals surface area contributed by atoms with E-state index in [2.05, 4.69) is 40.7 Å². The first-order valence-corrected chi connectivity index (χ1v) is 6.39. The highest BCUT2D eigenvalue weighted by Gasteiger charge is 2.11. The molecule has 0 spiro atoms. The Hall–Kier alpha value is -2.10. The van der Waals surface area contributed by atoms with Crippen LogP contribution in [0.3, 0.4) is 0 Å². The molecular weight excluding hydrogens is 240 g/mol. The molecule has 0 saturated carbocycles. The summed E-state index contributed by atoms with van der Waals surface area (Å²) in [7, 11) is 1.34. The highest BCUT2D eigenvalue weighted by molar-refractivity contribution is 5.86. The summed E-state index contributed by atoms with van der Waals surface area (Å²) >= 11 is 0. The number of nitrogens with zero attached hydrogens (tertiary/aromatic N) is 1. The van der Waals surface area contributed by atoms with Crippen LogP contribution < -0.4 is 0 Å². The Balaban J connectivity index is 2.22. The first-order chi connectivity index (χ1) is 9.15. The number of imidazole rings is 1. The van der Waals surface area contributed by atoms with Gasteiger partial charge in [-0.3, -0.25) is 0 Å². The summed E-state index contributed by atoms with van der Waals surface area (Å²) in [6.07, 6.45) is 2.76. The van der Waals surface area contributed by atoms with Gasteiger partial charge in [0, 0.05) is 0 Å². The van der Waals surface area contributed by atoms with E-state index in [9.17, 15) is 4.79 Å². The molecule has 0 amide bonds. The van der Waals surface area contributed by atoms with Crippen molar-refractivity contribution >= 4 is 5.97 Å². The fourth-order valence-corrected chi connectivity index (χ4v) is 1.90. The molecular formula is C15H18N2O2. The normalized spacial score (nSPS) is 12.2. The molecule has 1 atom stereocenters. The zero-order valence-electron chi connectivity index (χ0n) is 11.4. The monoisotopic (exact) mass is 258 g/mol. The van der Waals surface area contributed by atoms with E-state index >= 15 is 0 Å². The lowest BCUT2D eigenvalue weighted by atomic mass is 9.97. The number of hydrogen-bond donors (Lipinski definition) is 1. The van der Waals surface area contributed by atoms with Crippen molar-refractivity contribution in [2.75, 3.05) is 7.11 Å². The van der Waals surface area contributed by atoms with Gasteiger partial charge in [-0.1, -0.05) is 38.1 Å². The molecule has 0 saturated heterocycles. The van der Waals surface area contributed by atoms with Crippen molar-refractivity contribution in [2.24, 2.45) is 0 Å². The van der Waals surface area contributed by atoms with Crippen LogP contribution in [0, 0.1) is 0 Å². The van der Waals surface area contributed by atoms with Crippen LogP contribution in [0.1, 0.15) is 42.4 Å². The Morgan fingerprint density at radius 3 is 2.63 bits per heavy atom. The van der Waals surface area contributed by atoms with Gasteiger partial charge in [0.2, 0.25) is 5.82 Å². The van der Waals surface area contributed by atoms with Crippen LogP contribution in [0.2, 0.25) is 0 Å². The first kappa shape index (κ1) is 13.3. The van der Waals surface area contributed by atoms with Crippen molar-refractivity contribution in [3.63, 3.8) is 0 Å². The number of rotatable bonds is 4. The number of aromatic amines is 1. The number of esters is 1. The van der Waals surface area contributed by atoms with Crippen molar-refractivity contribution in [3.8, 4) is 11.3 Å². The maximum absolute atomic E-state index is 11.3. The second kappa shape index (κ2) is 5.69. The van der Waals surface area contributed by atoms with E-state index in [1.54, 1.807) is 6.20 Å².